The van der Waals surface area contributed by atoms with E-state index < -0.39 is 0 Å². The maximum atomic E-state index is 13.8. The highest BCUT2D eigenvalue weighted by molar-refractivity contribution is 5.79. The molecule has 0 amide bonds. The predicted octanol–water partition coefficient (Wildman–Crippen LogP) is 3.04. The zero-order valence-corrected chi connectivity index (χ0v) is 17.1. The van der Waals surface area contributed by atoms with Crippen LogP contribution in [0, 0.1) is 5.82 Å². The number of nitrogens with one attached hydrogen (secondary N) is 2. The van der Waals surface area contributed by atoms with Crippen molar-refractivity contribution in [2.45, 2.75) is 45.5 Å². The van der Waals surface area contributed by atoms with Gasteiger partial charge in [0.1, 0.15) is 5.82 Å². The fraction of sp³-hybridized carbons (Fsp3) is 0.435. The third kappa shape index (κ3) is 6.84. The van der Waals surface area contributed by atoms with E-state index in [0.717, 1.165) is 44.6 Å². The molecule has 0 bridgehead atoms. The Hall–Kier alpha value is -2.44. The summed E-state index contributed by atoms with van der Waals surface area (Å²) in [5.41, 5.74) is 3.03. The van der Waals surface area contributed by atoms with E-state index in [0.29, 0.717) is 24.6 Å². The summed E-state index contributed by atoms with van der Waals surface area (Å²) in [6.07, 6.45) is 1.59. The van der Waals surface area contributed by atoms with Gasteiger partial charge in [-0.3, -0.25) is 4.90 Å². The topological polar surface area (TPSA) is 59.9 Å². The van der Waals surface area contributed by atoms with Gasteiger partial charge >= 0.3 is 0 Å². The van der Waals surface area contributed by atoms with Gasteiger partial charge in [-0.05, 0) is 37.0 Å². The van der Waals surface area contributed by atoms with Crippen LogP contribution in [0.15, 0.2) is 53.5 Å². The molecule has 0 saturated carbocycles. The van der Waals surface area contributed by atoms with Gasteiger partial charge in [-0.2, -0.15) is 0 Å². The molecular formula is C23H31FN4O. The molecule has 1 saturated heterocycles. The van der Waals surface area contributed by atoms with Crippen LogP contribution in [-0.4, -0.2) is 41.7 Å². The number of hydrogen-bond donors (Lipinski definition) is 3. The average Bonchev–Trinajstić information content (AvgIpc) is 2.74. The van der Waals surface area contributed by atoms with Crippen LogP contribution < -0.4 is 10.6 Å². The quantitative estimate of drug-likeness (QED) is 0.496. The summed E-state index contributed by atoms with van der Waals surface area (Å²) in [7, 11) is 0. The minimum atomic E-state index is -0.213. The lowest BCUT2D eigenvalue weighted by Crippen LogP contribution is -2.37. The van der Waals surface area contributed by atoms with E-state index in [1.54, 1.807) is 12.1 Å². The third-order valence-corrected chi connectivity index (χ3v) is 5.15. The number of halogens is 1. The molecule has 0 unspecified atom stereocenters. The second-order valence-corrected chi connectivity index (χ2v) is 7.46. The minimum absolute atomic E-state index is 0.135. The fourth-order valence-corrected chi connectivity index (χ4v) is 3.42. The molecular weight excluding hydrogens is 367 g/mol. The van der Waals surface area contributed by atoms with Crippen LogP contribution in [0.3, 0.4) is 0 Å². The van der Waals surface area contributed by atoms with Crippen molar-refractivity contribution in [1.82, 2.24) is 15.5 Å². The molecule has 5 nitrogen and oxygen atoms in total. The van der Waals surface area contributed by atoms with Crippen LogP contribution in [0.25, 0.3) is 0 Å². The van der Waals surface area contributed by atoms with Crippen molar-refractivity contribution in [2.24, 2.45) is 4.99 Å². The first-order valence-electron chi connectivity index (χ1n) is 10.4. The van der Waals surface area contributed by atoms with E-state index in [1.807, 2.05) is 13.0 Å². The molecule has 156 valence electrons. The molecule has 6 heteroatoms. The van der Waals surface area contributed by atoms with Crippen molar-refractivity contribution in [2.75, 3.05) is 19.6 Å². The first kappa shape index (κ1) is 21.3. The van der Waals surface area contributed by atoms with Crippen molar-refractivity contribution in [3.05, 3.63) is 71.0 Å². The molecule has 0 aliphatic carbocycles. The average molecular weight is 399 g/mol. The lowest BCUT2D eigenvalue weighted by Gasteiger charge is -2.29. The molecule has 0 atom stereocenters. The number of nitrogens with zero attached hydrogens (tertiary/aromatic N) is 2. The molecule has 1 fully saturated rings. The molecule has 0 aromatic heterocycles. The van der Waals surface area contributed by atoms with Gasteiger partial charge in [-0.1, -0.05) is 42.5 Å². The van der Waals surface area contributed by atoms with Gasteiger partial charge < -0.3 is 15.7 Å². The molecule has 0 spiro atoms. The number of aliphatic imine (C=N–C) groups is 1. The smallest absolute Gasteiger partial charge is 0.191 e. The normalized spacial score (nSPS) is 16.0. The minimum Gasteiger partial charge on any atom is -0.393 e. The second kappa shape index (κ2) is 10.9. The summed E-state index contributed by atoms with van der Waals surface area (Å²) in [6, 6.07) is 15.3. The van der Waals surface area contributed by atoms with Gasteiger partial charge in [-0.25, -0.2) is 9.38 Å². The lowest BCUT2D eigenvalue weighted by molar-refractivity contribution is 0.0792. The molecule has 2 aromatic carbocycles. The number of guanidine groups is 1. The predicted molar refractivity (Wildman–Crippen MR) is 115 cm³/mol. The highest BCUT2D eigenvalue weighted by atomic mass is 19.1. The third-order valence-electron chi connectivity index (χ3n) is 5.15. The van der Waals surface area contributed by atoms with Crippen molar-refractivity contribution in [3.8, 4) is 0 Å². The van der Waals surface area contributed by atoms with Crippen molar-refractivity contribution >= 4 is 5.96 Å². The van der Waals surface area contributed by atoms with E-state index >= 15 is 0 Å². The van der Waals surface area contributed by atoms with Gasteiger partial charge in [0, 0.05) is 38.3 Å². The Labute approximate surface area is 172 Å². The number of aliphatic hydroxyl groups excluding tert-OH is 1. The van der Waals surface area contributed by atoms with Gasteiger partial charge in [0.25, 0.3) is 0 Å². The highest BCUT2D eigenvalue weighted by Gasteiger charge is 2.16. The number of rotatable bonds is 7. The number of piperidine rings is 1. The number of benzene rings is 2. The van der Waals surface area contributed by atoms with Crippen molar-refractivity contribution < 1.29 is 9.50 Å². The van der Waals surface area contributed by atoms with E-state index in [1.165, 1.54) is 11.6 Å². The van der Waals surface area contributed by atoms with Crippen LogP contribution in [0.2, 0.25) is 0 Å². The summed E-state index contributed by atoms with van der Waals surface area (Å²) in [5.74, 6) is 0.460. The Morgan fingerprint density at radius 3 is 2.45 bits per heavy atom. The van der Waals surface area contributed by atoms with Crippen LogP contribution in [0.5, 0.6) is 0 Å². The second-order valence-electron chi connectivity index (χ2n) is 7.46. The SMILES string of the molecule is CCNC(=NCc1ccc(CN2CCC(O)CC2)cc1)NCc1ccccc1F. The Morgan fingerprint density at radius 1 is 1.07 bits per heavy atom. The maximum absolute atomic E-state index is 13.8. The Morgan fingerprint density at radius 2 is 1.76 bits per heavy atom. The van der Waals surface area contributed by atoms with E-state index in [9.17, 15) is 9.50 Å². The van der Waals surface area contributed by atoms with Crippen LogP contribution >= 0.6 is 0 Å². The number of aliphatic hydroxyl groups is 1. The van der Waals surface area contributed by atoms with E-state index in [4.69, 9.17) is 0 Å². The molecule has 1 heterocycles. The van der Waals surface area contributed by atoms with Crippen molar-refractivity contribution in [1.29, 1.82) is 0 Å². The monoisotopic (exact) mass is 398 g/mol. The zero-order chi connectivity index (χ0) is 20.5. The summed E-state index contributed by atoms with van der Waals surface area (Å²) < 4.78 is 13.8. The molecule has 3 rings (SSSR count). The van der Waals surface area contributed by atoms with Crippen LogP contribution in [0.4, 0.5) is 4.39 Å². The Bertz CT molecular complexity index is 786. The molecule has 1 aliphatic heterocycles. The molecule has 29 heavy (non-hydrogen) atoms. The van der Waals surface area contributed by atoms with Gasteiger partial charge in [0.15, 0.2) is 5.96 Å². The lowest BCUT2D eigenvalue weighted by atomic mass is 10.1. The van der Waals surface area contributed by atoms with Gasteiger partial charge in [0.2, 0.25) is 0 Å². The standard InChI is InChI=1S/C23H31FN4O/c1-2-25-23(27-16-20-5-3-4-6-22(20)24)26-15-18-7-9-19(10-8-18)17-28-13-11-21(29)12-14-28/h3-10,21,29H,2,11-17H2,1H3,(H2,25,26,27). The van der Waals surface area contributed by atoms with Crippen LogP contribution in [-0.2, 0) is 19.6 Å². The Kier molecular flexibility index (Phi) is 8.02. The van der Waals surface area contributed by atoms with E-state index in [2.05, 4.69) is 44.8 Å². The van der Waals surface area contributed by atoms with Crippen molar-refractivity contribution in [3.63, 3.8) is 0 Å². The molecule has 3 N–H and O–H groups in total. The molecule has 1 aliphatic rings. The summed E-state index contributed by atoms with van der Waals surface area (Å²) >= 11 is 0. The summed E-state index contributed by atoms with van der Waals surface area (Å²) in [4.78, 5) is 7.00. The summed E-state index contributed by atoms with van der Waals surface area (Å²) in [6.45, 7) is 6.52. The van der Waals surface area contributed by atoms with Gasteiger partial charge in [-0.15, -0.1) is 0 Å². The largest absolute Gasteiger partial charge is 0.393 e. The van der Waals surface area contributed by atoms with Gasteiger partial charge in [0.05, 0.1) is 12.6 Å². The highest BCUT2D eigenvalue weighted by Crippen LogP contribution is 2.14. The zero-order valence-electron chi connectivity index (χ0n) is 17.1. The molecule has 0 radical (unpaired) electrons. The fourth-order valence-electron chi connectivity index (χ4n) is 3.42. The van der Waals surface area contributed by atoms with E-state index in [-0.39, 0.29) is 11.9 Å². The number of likely N-dealkylation sites (tertiary alicyclic amines) is 1. The first-order chi connectivity index (χ1) is 14.1. The summed E-state index contributed by atoms with van der Waals surface area (Å²) in [5, 5.41) is 16.0. The first-order valence-corrected chi connectivity index (χ1v) is 10.4. The Balaban J connectivity index is 1.52. The molecule has 2 aromatic rings. The number of hydrogen-bond acceptors (Lipinski definition) is 3. The van der Waals surface area contributed by atoms with Crippen LogP contribution in [0.1, 0.15) is 36.5 Å². The maximum Gasteiger partial charge on any atom is 0.191 e.